The molecule has 2 heteroatoms. The Hall–Kier alpha value is -2.16. The van der Waals surface area contributed by atoms with Crippen LogP contribution in [-0.4, -0.2) is 16.3 Å². The quantitative estimate of drug-likeness (QED) is 0.614. The van der Waals surface area contributed by atoms with Gasteiger partial charge in [-0.15, -0.1) is 0 Å². The number of rotatable bonds is 0. The Labute approximate surface area is 123 Å². The summed E-state index contributed by atoms with van der Waals surface area (Å²) in [6, 6.07) is 14.5. The average molecular weight is 276 g/mol. The second-order valence-electron chi connectivity index (χ2n) is 5.68. The van der Waals surface area contributed by atoms with Crippen molar-refractivity contribution in [1.29, 1.82) is 0 Å². The summed E-state index contributed by atoms with van der Waals surface area (Å²) < 4.78 is 0. The van der Waals surface area contributed by atoms with E-state index in [0.717, 1.165) is 21.9 Å². The minimum absolute atomic E-state index is 0.802. The van der Waals surface area contributed by atoms with Crippen LogP contribution in [0.2, 0.25) is 0 Å². The predicted octanol–water partition coefficient (Wildman–Crippen LogP) is 3.72. The molecule has 0 heterocycles. The first-order valence-corrected chi connectivity index (χ1v) is 7.16. The molecule has 2 nitrogen and oxygen atoms in total. The summed E-state index contributed by atoms with van der Waals surface area (Å²) in [7, 11) is 0. The fourth-order valence-electron chi connectivity index (χ4n) is 3.38. The Balaban J connectivity index is 2.16. The topological polar surface area (TPSA) is 40.5 Å². The first kappa shape index (κ1) is 12.6. The van der Waals surface area contributed by atoms with Gasteiger partial charge in [-0.1, -0.05) is 48.6 Å². The van der Waals surface area contributed by atoms with Crippen LogP contribution in [0.4, 0.5) is 0 Å². The number of aliphatic hydroxyl groups is 2. The zero-order valence-electron chi connectivity index (χ0n) is 11.7. The van der Waals surface area contributed by atoms with Crippen LogP contribution in [0.3, 0.4) is 0 Å². The molecule has 2 atom stereocenters. The van der Waals surface area contributed by atoms with E-state index in [1.807, 2.05) is 30.3 Å². The third-order valence-corrected chi connectivity index (χ3v) is 4.46. The van der Waals surface area contributed by atoms with Crippen molar-refractivity contribution in [2.45, 2.75) is 19.1 Å². The lowest BCUT2D eigenvalue weighted by Gasteiger charge is -2.24. The smallest absolute Gasteiger partial charge is 0.109 e. The van der Waals surface area contributed by atoms with Gasteiger partial charge >= 0.3 is 0 Å². The molecule has 0 saturated heterocycles. The maximum Gasteiger partial charge on any atom is 0.109 e. The highest BCUT2D eigenvalue weighted by Crippen LogP contribution is 2.37. The summed E-state index contributed by atoms with van der Waals surface area (Å²) in [5.41, 5.74) is 3.04. The molecule has 0 aliphatic heterocycles. The zero-order chi connectivity index (χ0) is 14.6. The molecule has 104 valence electrons. The molecule has 0 saturated carbocycles. The molecule has 1 aliphatic rings. The number of aliphatic hydroxyl groups excluding tert-OH is 2. The fourth-order valence-corrected chi connectivity index (χ4v) is 3.38. The standard InChI is InChI=1S/C19H16O2/c1-11-14-5-3-2-4-12(14)10-13-6-7-16-15(18(11)13)8-9-17(20)19(16)21/h2-10,17,19-21H,1H3. The molecule has 3 aromatic rings. The molecular weight excluding hydrogens is 260 g/mol. The van der Waals surface area contributed by atoms with E-state index in [2.05, 4.69) is 25.1 Å². The average Bonchev–Trinajstić information content (AvgIpc) is 2.51. The third kappa shape index (κ3) is 1.73. The molecule has 3 aromatic carbocycles. The molecule has 21 heavy (non-hydrogen) atoms. The summed E-state index contributed by atoms with van der Waals surface area (Å²) in [5.74, 6) is 0. The SMILES string of the molecule is Cc1c2ccccc2cc2ccc3c(c12)C=CC(O)C3O. The van der Waals surface area contributed by atoms with Gasteiger partial charge in [-0.2, -0.15) is 0 Å². The van der Waals surface area contributed by atoms with Gasteiger partial charge in [0.15, 0.2) is 0 Å². The van der Waals surface area contributed by atoms with Crippen LogP contribution in [0.15, 0.2) is 48.5 Å². The monoisotopic (exact) mass is 276 g/mol. The number of benzene rings is 3. The van der Waals surface area contributed by atoms with Crippen LogP contribution < -0.4 is 0 Å². The molecule has 0 radical (unpaired) electrons. The summed E-state index contributed by atoms with van der Waals surface area (Å²) in [4.78, 5) is 0. The van der Waals surface area contributed by atoms with E-state index >= 15 is 0 Å². The van der Waals surface area contributed by atoms with Gasteiger partial charge in [0.1, 0.15) is 12.2 Å². The highest BCUT2D eigenvalue weighted by atomic mass is 16.3. The highest BCUT2D eigenvalue weighted by Gasteiger charge is 2.24. The van der Waals surface area contributed by atoms with Gasteiger partial charge in [-0.05, 0) is 51.2 Å². The Bertz CT molecular complexity index is 893. The lowest BCUT2D eigenvalue weighted by Crippen LogP contribution is -2.19. The van der Waals surface area contributed by atoms with E-state index in [4.69, 9.17) is 0 Å². The van der Waals surface area contributed by atoms with Crippen LogP contribution in [-0.2, 0) is 0 Å². The number of hydrogen-bond donors (Lipinski definition) is 2. The first-order chi connectivity index (χ1) is 10.2. The van der Waals surface area contributed by atoms with Gasteiger partial charge < -0.3 is 10.2 Å². The highest BCUT2D eigenvalue weighted by molar-refractivity contribution is 6.06. The van der Waals surface area contributed by atoms with E-state index in [1.54, 1.807) is 6.08 Å². The molecule has 1 aliphatic carbocycles. The van der Waals surface area contributed by atoms with E-state index in [9.17, 15) is 10.2 Å². The van der Waals surface area contributed by atoms with Crippen molar-refractivity contribution in [2.75, 3.05) is 0 Å². The third-order valence-electron chi connectivity index (χ3n) is 4.46. The molecule has 0 fully saturated rings. The molecule has 2 unspecified atom stereocenters. The Morgan fingerprint density at radius 3 is 2.62 bits per heavy atom. The lowest BCUT2D eigenvalue weighted by molar-refractivity contribution is 0.0471. The number of fused-ring (bicyclic) bond motifs is 4. The van der Waals surface area contributed by atoms with Crippen LogP contribution in [0.1, 0.15) is 22.8 Å². The number of aryl methyl sites for hydroxylation is 1. The van der Waals surface area contributed by atoms with Gasteiger partial charge in [0.05, 0.1) is 0 Å². The maximum absolute atomic E-state index is 10.2. The Kier molecular flexibility index (Phi) is 2.64. The Morgan fingerprint density at radius 2 is 1.76 bits per heavy atom. The van der Waals surface area contributed by atoms with Crippen molar-refractivity contribution in [3.63, 3.8) is 0 Å². The van der Waals surface area contributed by atoms with E-state index in [0.29, 0.717) is 0 Å². The molecule has 2 N–H and O–H groups in total. The van der Waals surface area contributed by atoms with E-state index < -0.39 is 12.2 Å². The normalized spacial score (nSPS) is 20.9. The predicted molar refractivity (Wildman–Crippen MR) is 86.2 cm³/mol. The van der Waals surface area contributed by atoms with Crippen molar-refractivity contribution < 1.29 is 10.2 Å². The lowest BCUT2D eigenvalue weighted by atomic mass is 9.86. The molecule has 0 spiro atoms. The molecule has 0 bridgehead atoms. The Morgan fingerprint density at radius 1 is 0.952 bits per heavy atom. The zero-order valence-corrected chi connectivity index (χ0v) is 11.7. The van der Waals surface area contributed by atoms with E-state index in [1.165, 1.54) is 16.3 Å². The summed E-state index contributed by atoms with van der Waals surface area (Å²) in [6.45, 7) is 2.12. The van der Waals surface area contributed by atoms with Crippen molar-refractivity contribution in [2.24, 2.45) is 0 Å². The van der Waals surface area contributed by atoms with Gasteiger partial charge in [-0.25, -0.2) is 0 Å². The summed E-state index contributed by atoms with van der Waals surface area (Å²) in [6.07, 6.45) is 1.92. The first-order valence-electron chi connectivity index (χ1n) is 7.16. The maximum atomic E-state index is 10.2. The van der Waals surface area contributed by atoms with Gasteiger partial charge in [-0.3, -0.25) is 0 Å². The second kappa shape index (κ2) is 4.42. The summed E-state index contributed by atoms with van der Waals surface area (Å²) >= 11 is 0. The van der Waals surface area contributed by atoms with Crippen molar-refractivity contribution in [1.82, 2.24) is 0 Å². The van der Waals surface area contributed by atoms with Crippen LogP contribution >= 0.6 is 0 Å². The number of hydrogen-bond acceptors (Lipinski definition) is 2. The summed E-state index contributed by atoms with van der Waals surface area (Å²) in [5, 5.41) is 24.8. The van der Waals surface area contributed by atoms with Gasteiger partial charge in [0.25, 0.3) is 0 Å². The fraction of sp³-hybridized carbons (Fsp3) is 0.158. The van der Waals surface area contributed by atoms with Crippen LogP contribution in [0.25, 0.3) is 27.6 Å². The van der Waals surface area contributed by atoms with Crippen LogP contribution in [0.5, 0.6) is 0 Å². The molecule has 4 rings (SSSR count). The second-order valence-corrected chi connectivity index (χ2v) is 5.68. The van der Waals surface area contributed by atoms with Gasteiger partial charge in [0.2, 0.25) is 0 Å². The molecule has 0 amide bonds. The van der Waals surface area contributed by atoms with E-state index in [-0.39, 0.29) is 0 Å². The molecular formula is C19H16O2. The minimum atomic E-state index is -0.847. The van der Waals surface area contributed by atoms with Crippen molar-refractivity contribution in [3.05, 3.63) is 65.2 Å². The minimum Gasteiger partial charge on any atom is -0.386 e. The van der Waals surface area contributed by atoms with Crippen LogP contribution in [0, 0.1) is 6.92 Å². The van der Waals surface area contributed by atoms with Crippen molar-refractivity contribution >= 4 is 27.6 Å². The van der Waals surface area contributed by atoms with Crippen molar-refractivity contribution in [3.8, 4) is 0 Å². The van der Waals surface area contributed by atoms with Gasteiger partial charge in [0, 0.05) is 0 Å². The largest absolute Gasteiger partial charge is 0.386 e. The molecule has 0 aromatic heterocycles.